The van der Waals surface area contributed by atoms with Crippen molar-refractivity contribution in [3.05, 3.63) is 66.6 Å². The summed E-state index contributed by atoms with van der Waals surface area (Å²) in [4.78, 5) is 16.2. The van der Waals surface area contributed by atoms with Crippen molar-refractivity contribution in [2.75, 3.05) is 0 Å². The lowest BCUT2D eigenvalue weighted by Gasteiger charge is -2.05. The minimum Gasteiger partial charge on any atom is -0.352 e. The van der Waals surface area contributed by atoms with Crippen molar-refractivity contribution in [1.29, 1.82) is 0 Å². The summed E-state index contributed by atoms with van der Waals surface area (Å²) >= 11 is 0. The molecule has 0 aliphatic heterocycles. The van der Waals surface area contributed by atoms with Crippen LogP contribution in [-0.2, 0) is 11.3 Å². The van der Waals surface area contributed by atoms with Gasteiger partial charge in [0.2, 0.25) is 5.91 Å². The summed E-state index contributed by atoms with van der Waals surface area (Å²) in [5.41, 5.74) is 3.85. The summed E-state index contributed by atoms with van der Waals surface area (Å²) in [6, 6.07) is 13.8. The molecule has 2 aromatic heterocycles. The van der Waals surface area contributed by atoms with E-state index in [-0.39, 0.29) is 11.8 Å². The molecular weight excluding hydrogens is 312 g/mol. The third-order valence-electron chi connectivity index (χ3n) is 4.66. The van der Waals surface area contributed by atoms with Crippen molar-refractivity contribution in [2.45, 2.75) is 19.9 Å². The van der Waals surface area contributed by atoms with Crippen LogP contribution in [0.1, 0.15) is 18.9 Å². The molecule has 1 saturated carbocycles. The Morgan fingerprint density at radius 1 is 1.20 bits per heavy atom. The van der Waals surface area contributed by atoms with Crippen molar-refractivity contribution in [3.63, 3.8) is 0 Å². The Kier molecular flexibility index (Phi) is 4.06. The zero-order valence-corrected chi connectivity index (χ0v) is 14.1. The van der Waals surface area contributed by atoms with Gasteiger partial charge in [-0.05, 0) is 36.6 Å². The Hall–Kier alpha value is -2.95. The number of rotatable bonds is 5. The van der Waals surface area contributed by atoms with Crippen LogP contribution in [0.25, 0.3) is 16.9 Å². The highest BCUT2D eigenvalue weighted by atomic mass is 16.2. The van der Waals surface area contributed by atoms with E-state index in [4.69, 9.17) is 5.10 Å². The lowest BCUT2D eigenvalue weighted by atomic mass is 10.1. The number of hydrogen-bond donors (Lipinski definition) is 1. The van der Waals surface area contributed by atoms with Crippen LogP contribution in [0.4, 0.5) is 0 Å². The molecule has 126 valence electrons. The van der Waals surface area contributed by atoms with Gasteiger partial charge >= 0.3 is 0 Å². The highest BCUT2D eigenvalue weighted by Gasteiger charge is 2.38. The highest BCUT2D eigenvalue weighted by molar-refractivity contribution is 5.81. The van der Waals surface area contributed by atoms with Crippen LogP contribution >= 0.6 is 0 Å². The second-order valence-corrected chi connectivity index (χ2v) is 6.56. The maximum absolute atomic E-state index is 12.2. The van der Waals surface area contributed by atoms with Gasteiger partial charge in [-0.25, -0.2) is 4.68 Å². The Bertz CT molecular complexity index is 873. The predicted molar refractivity (Wildman–Crippen MR) is 95.9 cm³/mol. The second-order valence-electron chi connectivity index (χ2n) is 6.56. The molecule has 2 atom stereocenters. The molecule has 0 saturated heterocycles. The SMILES string of the molecule is C[C@@H]1C[C@H]1C(=O)NCc1cn(-c2ccccc2)nc1-c1ccncc1. The van der Waals surface area contributed by atoms with E-state index in [0.717, 1.165) is 28.9 Å². The zero-order chi connectivity index (χ0) is 17.2. The first-order chi connectivity index (χ1) is 12.2. The molecule has 0 radical (unpaired) electrons. The number of para-hydroxylation sites is 1. The molecular formula is C20H20N4O. The fraction of sp³-hybridized carbons (Fsp3) is 0.250. The van der Waals surface area contributed by atoms with Gasteiger partial charge in [-0.2, -0.15) is 5.10 Å². The second kappa shape index (κ2) is 6.51. The molecule has 3 aromatic rings. The molecule has 5 nitrogen and oxygen atoms in total. The van der Waals surface area contributed by atoms with E-state index in [1.54, 1.807) is 12.4 Å². The molecule has 4 rings (SSSR count). The molecule has 0 unspecified atom stereocenters. The largest absolute Gasteiger partial charge is 0.352 e. The van der Waals surface area contributed by atoms with Gasteiger partial charge in [-0.3, -0.25) is 9.78 Å². The van der Waals surface area contributed by atoms with Crippen LogP contribution < -0.4 is 5.32 Å². The molecule has 1 aromatic carbocycles. The van der Waals surface area contributed by atoms with Crippen LogP contribution in [0.3, 0.4) is 0 Å². The maximum atomic E-state index is 12.2. The number of carbonyl (C=O) groups is 1. The van der Waals surface area contributed by atoms with E-state index < -0.39 is 0 Å². The van der Waals surface area contributed by atoms with Crippen LogP contribution in [0.15, 0.2) is 61.1 Å². The molecule has 25 heavy (non-hydrogen) atoms. The normalized spacial score (nSPS) is 18.8. The quantitative estimate of drug-likeness (QED) is 0.780. The fourth-order valence-electron chi connectivity index (χ4n) is 3.01. The van der Waals surface area contributed by atoms with Gasteiger partial charge in [-0.1, -0.05) is 25.1 Å². The van der Waals surface area contributed by atoms with Gasteiger partial charge in [0.1, 0.15) is 0 Å². The molecule has 1 aliphatic carbocycles. The van der Waals surface area contributed by atoms with Crippen molar-refractivity contribution in [1.82, 2.24) is 20.1 Å². The summed E-state index contributed by atoms with van der Waals surface area (Å²) in [5.74, 6) is 0.820. The molecule has 0 spiro atoms. The van der Waals surface area contributed by atoms with Crippen molar-refractivity contribution < 1.29 is 4.79 Å². The summed E-state index contributed by atoms with van der Waals surface area (Å²) < 4.78 is 1.86. The third-order valence-corrected chi connectivity index (χ3v) is 4.66. The summed E-state index contributed by atoms with van der Waals surface area (Å²) in [6.45, 7) is 2.59. The number of nitrogens with zero attached hydrogens (tertiary/aromatic N) is 3. The van der Waals surface area contributed by atoms with E-state index in [1.165, 1.54) is 0 Å². The van der Waals surface area contributed by atoms with Crippen LogP contribution in [-0.4, -0.2) is 20.7 Å². The molecule has 1 N–H and O–H groups in total. The maximum Gasteiger partial charge on any atom is 0.223 e. The first-order valence-corrected chi connectivity index (χ1v) is 8.54. The van der Waals surface area contributed by atoms with Crippen LogP contribution in [0.5, 0.6) is 0 Å². The van der Waals surface area contributed by atoms with E-state index >= 15 is 0 Å². The number of pyridine rings is 1. The fourth-order valence-corrected chi connectivity index (χ4v) is 3.01. The van der Waals surface area contributed by atoms with Gasteiger partial charge in [-0.15, -0.1) is 0 Å². The zero-order valence-electron chi connectivity index (χ0n) is 14.1. The molecule has 1 fully saturated rings. The van der Waals surface area contributed by atoms with E-state index in [0.29, 0.717) is 12.5 Å². The summed E-state index contributed by atoms with van der Waals surface area (Å²) in [6.07, 6.45) is 6.49. The monoisotopic (exact) mass is 332 g/mol. The van der Waals surface area contributed by atoms with E-state index in [2.05, 4.69) is 17.2 Å². The van der Waals surface area contributed by atoms with Gasteiger partial charge < -0.3 is 5.32 Å². The van der Waals surface area contributed by atoms with Crippen molar-refractivity contribution >= 4 is 5.91 Å². The minimum absolute atomic E-state index is 0.139. The average molecular weight is 332 g/mol. The van der Waals surface area contributed by atoms with Gasteiger partial charge in [0.25, 0.3) is 0 Å². The Balaban J connectivity index is 1.63. The molecule has 1 amide bonds. The molecule has 0 bridgehead atoms. The lowest BCUT2D eigenvalue weighted by molar-refractivity contribution is -0.122. The number of amides is 1. The molecule has 5 heteroatoms. The average Bonchev–Trinajstić information content (AvgIpc) is 3.24. The third kappa shape index (κ3) is 3.31. The van der Waals surface area contributed by atoms with Gasteiger partial charge in [0.15, 0.2) is 0 Å². The van der Waals surface area contributed by atoms with Gasteiger partial charge in [0.05, 0.1) is 11.4 Å². The van der Waals surface area contributed by atoms with Crippen LogP contribution in [0, 0.1) is 11.8 Å². The Morgan fingerprint density at radius 3 is 2.60 bits per heavy atom. The number of benzene rings is 1. The molecule has 1 aliphatic rings. The van der Waals surface area contributed by atoms with Gasteiger partial charge in [0, 0.05) is 42.2 Å². The predicted octanol–water partition coefficient (Wildman–Crippen LogP) is 3.21. The minimum atomic E-state index is 0.139. The standard InChI is InChI=1S/C20H20N4O/c1-14-11-18(14)20(25)22-12-16-13-24(17-5-3-2-4-6-17)23-19(16)15-7-9-21-10-8-15/h2-10,13-14,18H,11-12H2,1H3,(H,22,25)/t14-,18-/m1/s1. The lowest BCUT2D eigenvalue weighted by Crippen LogP contribution is -2.24. The number of carbonyl (C=O) groups excluding carboxylic acids is 1. The Labute approximate surface area is 146 Å². The summed E-state index contributed by atoms with van der Waals surface area (Å²) in [5, 5.41) is 7.80. The summed E-state index contributed by atoms with van der Waals surface area (Å²) in [7, 11) is 0. The van der Waals surface area contributed by atoms with Crippen molar-refractivity contribution in [3.8, 4) is 16.9 Å². The first kappa shape index (κ1) is 15.6. The number of hydrogen-bond acceptors (Lipinski definition) is 3. The first-order valence-electron chi connectivity index (χ1n) is 8.54. The molecule has 2 heterocycles. The van der Waals surface area contributed by atoms with E-state index in [1.807, 2.05) is 53.3 Å². The van der Waals surface area contributed by atoms with Crippen molar-refractivity contribution in [2.24, 2.45) is 11.8 Å². The number of aromatic nitrogens is 3. The topological polar surface area (TPSA) is 59.8 Å². The highest BCUT2D eigenvalue weighted by Crippen LogP contribution is 2.37. The van der Waals surface area contributed by atoms with Crippen LogP contribution in [0.2, 0.25) is 0 Å². The smallest absolute Gasteiger partial charge is 0.223 e. The number of nitrogens with one attached hydrogen (secondary N) is 1. The Morgan fingerprint density at radius 2 is 1.92 bits per heavy atom. The van der Waals surface area contributed by atoms with E-state index in [9.17, 15) is 4.79 Å².